The summed E-state index contributed by atoms with van der Waals surface area (Å²) in [6.45, 7) is 1.17. The van der Waals surface area contributed by atoms with Crippen molar-refractivity contribution in [2.45, 2.75) is 6.10 Å². The number of carbonyl (C=O) groups is 2. The van der Waals surface area contributed by atoms with E-state index in [-0.39, 0.29) is 28.5 Å². The summed E-state index contributed by atoms with van der Waals surface area (Å²) in [5.74, 6) is -1.57. The summed E-state index contributed by atoms with van der Waals surface area (Å²) in [4.78, 5) is 24.1. The number of carboxylic acids is 1. The van der Waals surface area contributed by atoms with Gasteiger partial charge in [-0.1, -0.05) is 17.7 Å². The second-order valence-corrected chi connectivity index (χ2v) is 6.15. The van der Waals surface area contributed by atoms with Gasteiger partial charge in [0.05, 0.1) is 29.7 Å². The standard InChI is InChI=1S/C14H15ClFNO4S/c15-10-5-9(1-2-11(10)16)12-6-17(3-4-21-12)13(18)7-22-8-14(19)20/h1-2,5,12H,3-4,6-8H2,(H,19,20). The van der Waals surface area contributed by atoms with Gasteiger partial charge in [0.25, 0.3) is 0 Å². The van der Waals surface area contributed by atoms with Gasteiger partial charge in [0.15, 0.2) is 0 Å². The summed E-state index contributed by atoms with van der Waals surface area (Å²) >= 11 is 6.82. The lowest BCUT2D eigenvalue weighted by molar-refractivity contribution is -0.136. The lowest BCUT2D eigenvalue weighted by Gasteiger charge is -2.33. The van der Waals surface area contributed by atoms with Gasteiger partial charge in [-0.3, -0.25) is 9.59 Å². The molecule has 0 aliphatic carbocycles. The number of aliphatic carboxylic acids is 1. The molecule has 0 spiro atoms. The van der Waals surface area contributed by atoms with Crippen molar-refractivity contribution in [2.75, 3.05) is 31.2 Å². The number of thioether (sulfide) groups is 1. The Kier molecular flexibility index (Phi) is 6.05. The number of benzene rings is 1. The van der Waals surface area contributed by atoms with E-state index in [9.17, 15) is 14.0 Å². The van der Waals surface area contributed by atoms with Gasteiger partial charge < -0.3 is 14.7 Å². The van der Waals surface area contributed by atoms with E-state index in [1.807, 2.05) is 0 Å². The Morgan fingerprint density at radius 3 is 2.91 bits per heavy atom. The maximum atomic E-state index is 13.2. The highest BCUT2D eigenvalue weighted by Gasteiger charge is 2.25. The first-order valence-electron chi connectivity index (χ1n) is 6.61. The van der Waals surface area contributed by atoms with Gasteiger partial charge in [-0.05, 0) is 17.7 Å². The molecule has 1 aliphatic rings. The van der Waals surface area contributed by atoms with E-state index in [2.05, 4.69) is 0 Å². The van der Waals surface area contributed by atoms with E-state index < -0.39 is 11.8 Å². The Labute approximate surface area is 136 Å². The molecule has 1 amide bonds. The van der Waals surface area contributed by atoms with Gasteiger partial charge in [0.2, 0.25) is 5.91 Å². The highest BCUT2D eigenvalue weighted by atomic mass is 35.5. The molecule has 0 aromatic heterocycles. The quantitative estimate of drug-likeness (QED) is 0.884. The summed E-state index contributed by atoms with van der Waals surface area (Å²) in [6, 6.07) is 4.35. The molecule has 1 heterocycles. The number of halogens is 2. The molecule has 2 rings (SSSR count). The smallest absolute Gasteiger partial charge is 0.313 e. The molecule has 1 aliphatic heterocycles. The molecule has 0 saturated carbocycles. The fourth-order valence-corrected chi connectivity index (χ4v) is 2.93. The zero-order chi connectivity index (χ0) is 16.1. The number of morpholine rings is 1. The van der Waals surface area contributed by atoms with Crippen molar-refractivity contribution in [2.24, 2.45) is 0 Å². The van der Waals surface area contributed by atoms with Crippen molar-refractivity contribution in [1.82, 2.24) is 4.90 Å². The molecule has 1 N–H and O–H groups in total. The number of rotatable bonds is 5. The van der Waals surface area contributed by atoms with E-state index in [1.54, 1.807) is 11.0 Å². The first-order chi connectivity index (χ1) is 10.5. The van der Waals surface area contributed by atoms with Gasteiger partial charge >= 0.3 is 5.97 Å². The zero-order valence-electron chi connectivity index (χ0n) is 11.6. The molecule has 1 atom stereocenters. The van der Waals surface area contributed by atoms with Crippen LogP contribution in [-0.2, 0) is 14.3 Å². The molecule has 1 unspecified atom stereocenters. The van der Waals surface area contributed by atoms with Crippen LogP contribution in [0.4, 0.5) is 4.39 Å². The Balaban J connectivity index is 1.94. The highest BCUT2D eigenvalue weighted by Crippen LogP contribution is 2.26. The van der Waals surface area contributed by atoms with E-state index in [0.717, 1.165) is 11.8 Å². The molecule has 0 bridgehead atoms. The van der Waals surface area contributed by atoms with Gasteiger partial charge in [-0.15, -0.1) is 11.8 Å². The van der Waals surface area contributed by atoms with Gasteiger partial charge in [-0.25, -0.2) is 4.39 Å². The molecule has 1 fully saturated rings. The van der Waals surface area contributed by atoms with E-state index in [0.29, 0.717) is 25.3 Å². The van der Waals surface area contributed by atoms with Crippen molar-refractivity contribution in [3.05, 3.63) is 34.6 Å². The van der Waals surface area contributed by atoms with Crippen LogP contribution in [0.25, 0.3) is 0 Å². The Morgan fingerprint density at radius 2 is 2.23 bits per heavy atom. The van der Waals surface area contributed by atoms with Gasteiger partial charge in [0, 0.05) is 6.54 Å². The Morgan fingerprint density at radius 1 is 1.45 bits per heavy atom. The van der Waals surface area contributed by atoms with E-state index >= 15 is 0 Å². The first kappa shape index (κ1) is 17.1. The molecular weight excluding hydrogens is 333 g/mol. The van der Waals surface area contributed by atoms with Gasteiger partial charge in [-0.2, -0.15) is 0 Å². The van der Waals surface area contributed by atoms with Crippen LogP contribution in [0.15, 0.2) is 18.2 Å². The summed E-state index contributed by atoms with van der Waals surface area (Å²) in [5.41, 5.74) is 0.710. The molecule has 8 heteroatoms. The van der Waals surface area contributed by atoms with Crippen LogP contribution in [0.1, 0.15) is 11.7 Å². The molecule has 1 saturated heterocycles. The summed E-state index contributed by atoms with van der Waals surface area (Å²) in [7, 11) is 0. The van der Waals surface area contributed by atoms with Gasteiger partial charge in [0.1, 0.15) is 11.9 Å². The summed E-state index contributed by atoms with van der Waals surface area (Å²) in [6.07, 6.45) is -0.361. The van der Waals surface area contributed by atoms with Crippen LogP contribution in [0, 0.1) is 5.82 Å². The Hall–Kier alpha value is -1.31. The lowest BCUT2D eigenvalue weighted by atomic mass is 10.1. The molecule has 0 radical (unpaired) electrons. The number of carboxylic acid groups (broad SMARTS) is 1. The van der Waals surface area contributed by atoms with Crippen LogP contribution >= 0.6 is 23.4 Å². The molecule has 1 aromatic carbocycles. The molecule has 1 aromatic rings. The average Bonchev–Trinajstić information content (AvgIpc) is 2.49. The number of hydrogen-bond donors (Lipinski definition) is 1. The highest BCUT2D eigenvalue weighted by molar-refractivity contribution is 8.00. The SMILES string of the molecule is O=C(O)CSCC(=O)N1CCOC(c2ccc(F)c(Cl)c2)C1. The van der Waals surface area contributed by atoms with Crippen LogP contribution < -0.4 is 0 Å². The summed E-state index contributed by atoms with van der Waals surface area (Å²) < 4.78 is 18.8. The number of carbonyl (C=O) groups excluding carboxylic acids is 1. The van der Waals surface area contributed by atoms with Crippen molar-refractivity contribution < 1.29 is 23.8 Å². The molecule has 22 heavy (non-hydrogen) atoms. The first-order valence-corrected chi connectivity index (χ1v) is 8.14. The predicted octanol–water partition coefficient (Wildman–Crippen LogP) is 2.20. The van der Waals surface area contributed by atoms with Crippen molar-refractivity contribution in [3.8, 4) is 0 Å². The molecular formula is C14H15ClFNO4S. The Bertz CT molecular complexity index is 572. The zero-order valence-corrected chi connectivity index (χ0v) is 13.2. The van der Waals surface area contributed by atoms with Crippen LogP contribution in [0.5, 0.6) is 0 Å². The number of nitrogens with zero attached hydrogens (tertiary/aromatic N) is 1. The number of hydrogen-bond acceptors (Lipinski definition) is 4. The summed E-state index contributed by atoms with van der Waals surface area (Å²) in [5, 5.41) is 8.58. The van der Waals surface area contributed by atoms with E-state index in [4.69, 9.17) is 21.4 Å². The van der Waals surface area contributed by atoms with Crippen molar-refractivity contribution >= 4 is 35.2 Å². The minimum Gasteiger partial charge on any atom is -0.481 e. The fourth-order valence-electron chi connectivity index (χ4n) is 2.11. The fraction of sp³-hybridized carbons (Fsp3) is 0.429. The topological polar surface area (TPSA) is 66.8 Å². The van der Waals surface area contributed by atoms with Crippen molar-refractivity contribution in [1.29, 1.82) is 0 Å². The number of amides is 1. The second kappa shape index (κ2) is 7.80. The lowest BCUT2D eigenvalue weighted by Crippen LogP contribution is -2.43. The maximum Gasteiger partial charge on any atom is 0.313 e. The second-order valence-electron chi connectivity index (χ2n) is 4.76. The van der Waals surface area contributed by atoms with Crippen LogP contribution in [0.2, 0.25) is 5.02 Å². The predicted molar refractivity (Wildman–Crippen MR) is 81.6 cm³/mol. The number of ether oxygens (including phenoxy) is 1. The maximum absolute atomic E-state index is 13.2. The van der Waals surface area contributed by atoms with Crippen LogP contribution in [-0.4, -0.2) is 53.1 Å². The monoisotopic (exact) mass is 347 g/mol. The van der Waals surface area contributed by atoms with E-state index in [1.165, 1.54) is 12.1 Å². The third-order valence-electron chi connectivity index (χ3n) is 3.19. The third kappa shape index (κ3) is 4.59. The van der Waals surface area contributed by atoms with Crippen molar-refractivity contribution in [3.63, 3.8) is 0 Å². The average molecular weight is 348 g/mol. The normalized spacial score (nSPS) is 18.3. The molecule has 5 nitrogen and oxygen atoms in total. The third-order valence-corrected chi connectivity index (χ3v) is 4.38. The van der Waals surface area contributed by atoms with Crippen LogP contribution in [0.3, 0.4) is 0 Å². The largest absolute Gasteiger partial charge is 0.481 e. The minimum absolute atomic E-state index is 0.0153. The minimum atomic E-state index is -0.946. The molecule has 120 valence electrons.